The van der Waals surface area contributed by atoms with Gasteiger partial charge < -0.3 is 15.8 Å². The van der Waals surface area contributed by atoms with Crippen LogP contribution in [0, 0.1) is 11.3 Å². The van der Waals surface area contributed by atoms with Gasteiger partial charge in [-0.1, -0.05) is 6.42 Å². The van der Waals surface area contributed by atoms with Crippen LogP contribution in [-0.2, 0) is 9.53 Å². The zero-order valence-corrected chi connectivity index (χ0v) is 10.7. The molecule has 0 aromatic carbocycles. The van der Waals surface area contributed by atoms with Crippen molar-refractivity contribution in [1.29, 1.82) is 0 Å². The van der Waals surface area contributed by atoms with Gasteiger partial charge in [0.2, 0.25) is 5.91 Å². The molecule has 4 heteroatoms. The molecule has 1 amide bonds. The maximum atomic E-state index is 12.2. The lowest BCUT2D eigenvalue weighted by Crippen LogP contribution is -2.48. The highest BCUT2D eigenvalue weighted by atomic mass is 16.5. The third-order valence-electron chi connectivity index (χ3n) is 4.44. The van der Waals surface area contributed by atoms with Gasteiger partial charge in [0.05, 0.1) is 5.41 Å². The fourth-order valence-electron chi connectivity index (χ4n) is 2.86. The average molecular weight is 240 g/mol. The molecule has 2 atom stereocenters. The molecule has 17 heavy (non-hydrogen) atoms. The molecule has 4 nitrogen and oxygen atoms in total. The molecule has 3 N–H and O–H groups in total. The highest BCUT2D eigenvalue weighted by Crippen LogP contribution is 2.36. The van der Waals surface area contributed by atoms with E-state index < -0.39 is 0 Å². The van der Waals surface area contributed by atoms with Crippen molar-refractivity contribution in [2.45, 2.75) is 45.1 Å². The largest absolute Gasteiger partial charge is 0.381 e. The molecule has 2 unspecified atom stereocenters. The predicted octanol–water partition coefficient (Wildman–Crippen LogP) is 1.05. The number of ether oxygens (including phenoxy) is 1. The molecule has 1 saturated carbocycles. The van der Waals surface area contributed by atoms with E-state index in [0.717, 1.165) is 51.9 Å². The Hall–Kier alpha value is -0.610. The molecule has 0 bridgehead atoms. The van der Waals surface area contributed by atoms with Crippen LogP contribution in [0.4, 0.5) is 0 Å². The van der Waals surface area contributed by atoms with E-state index in [9.17, 15) is 4.79 Å². The second-order valence-corrected chi connectivity index (χ2v) is 5.68. The summed E-state index contributed by atoms with van der Waals surface area (Å²) >= 11 is 0. The molecule has 0 aromatic heterocycles. The number of hydrogen-bond donors (Lipinski definition) is 2. The first kappa shape index (κ1) is 12.8. The fourth-order valence-corrected chi connectivity index (χ4v) is 2.86. The zero-order valence-electron chi connectivity index (χ0n) is 10.7. The number of carbonyl (C=O) groups excluding carboxylic acids is 1. The molecule has 1 aliphatic heterocycles. The van der Waals surface area contributed by atoms with Gasteiger partial charge in [-0.3, -0.25) is 4.79 Å². The Bertz CT molecular complexity index is 277. The van der Waals surface area contributed by atoms with Gasteiger partial charge >= 0.3 is 0 Å². The van der Waals surface area contributed by atoms with Crippen molar-refractivity contribution in [2.75, 3.05) is 19.8 Å². The van der Waals surface area contributed by atoms with E-state index >= 15 is 0 Å². The van der Waals surface area contributed by atoms with Gasteiger partial charge in [0.25, 0.3) is 0 Å². The third-order valence-corrected chi connectivity index (χ3v) is 4.44. The Morgan fingerprint density at radius 1 is 1.41 bits per heavy atom. The summed E-state index contributed by atoms with van der Waals surface area (Å²) in [5.41, 5.74) is 5.70. The first-order valence-electron chi connectivity index (χ1n) is 6.74. The Balaban J connectivity index is 1.80. The Kier molecular flexibility index (Phi) is 4.05. The van der Waals surface area contributed by atoms with E-state index in [1.165, 1.54) is 0 Å². The van der Waals surface area contributed by atoms with E-state index in [2.05, 4.69) is 5.32 Å². The van der Waals surface area contributed by atoms with Crippen molar-refractivity contribution in [3.63, 3.8) is 0 Å². The van der Waals surface area contributed by atoms with Gasteiger partial charge in [0.15, 0.2) is 0 Å². The molecule has 1 saturated heterocycles. The topological polar surface area (TPSA) is 64.3 Å². The van der Waals surface area contributed by atoms with Crippen LogP contribution in [0.25, 0.3) is 0 Å². The van der Waals surface area contributed by atoms with Gasteiger partial charge in [-0.2, -0.15) is 0 Å². The molecule has 2 aliphatic rings. The van der Waals surface area contributed by atoms with Crippen LogP contribution in [0.5, 0.6) is 0 Å². The smallest absolute Gasteiger partial charge is 0.227 e. The standard InChI is InChI=1S/C13H24N2O2/c1-13(6-2-3-11(13)14)12(16)15-9-10-4-7-17-8-5-10/h10-11H,2-9,14H2,1H3,(H,15,16). The van der Waals surface area contributed by atoms with E-state index in [-0.39, 0.29) is 17.4 Å². The maximum Gasteiger partial charge on any atom is 0.227 e. The number of rotatable bonds is 3. The van der Waals surface area contributed by atoms with Crippen LogP contribution in [0.3, 0.4) is 0 Å². The number of nitrogens with one attached hydrogen (secondary N) is 1. The van der Waals surface area contributed by atoms with E-state index in [1.807, 2.05) is 6.92 Å². The summed E-state index contributed by atoms with van der Waals surface area (Å²) in [6.45, 7) is 4.45. The van der Waals surface area contributed by atoms with Crippen molar-refractivity contribution in [3.05, 3.63) is 0 Å². The molecule has 0 spiro atoms. The summed E-state index contributed by atoms with van der Waals surface area (Å²) in [6, 6.07) is 0.0252. The molecular formula is C13H24N2O2. The van der Waals surface area contributed by atoms with Crippen molar-refractivity contribution in [3.8, 4) is 0 Å². The quantitative estimate of drug-likeness (QED) is 0.775. The Morgan fingerprint density at radius 2 is 2.12 bits per heavy atom. The number of hydrogen-bond acceptors (Lipinski definition) is 3. The molecule has 0 aromatic rings. The number of amides is 1. The number of carbonyl (C=O) groups is 1. The minimum absolute atomic E-state index is 0.0252. The minimum atomic E-state index is -0.342. The summed E-state index contributed by atoms with van der Waals surface area (Å²) in [7, 11) is 0. The highest BCUT2D eigenvalue weighted by Gasteiger charge is 2.42. The molecule has 1 heterocycles. The second-order valence-electron chi connectivity index (χ2n) is 5.68. The normalized spacial score (nSPS) is 34.8. The monoisotopic (exact) mass is 240 g/mol. The molecular weight excluding hydrogens is 216 g/mol. The molecule has 2 fully saturated rings. The van der Waals surface area contributed by atoms with E-state index in [4.69, 9.17) is 10.5 Å². The predicted molar refractivity (Wildman–Crippen MR) is 66.5 cm³/mol. The van der Waals surface area contributed by atoms with Crippen LogP contribution < -0.4 is 11.1 Å². The zero-order chi connectivity index (χ0) is 12.3. The summed E-state index contributed by atoms with van der Waals surface area (Å²) < 4.78 is 5.31. The summed E-state index contributed by atoms with van der Waals surface area (Å²) in [6.07, 6.45) is 5.09. The van der Waals surface area contributed by atoms with Crippen molar-refractivity contribution < 1.29 is 9.53 Å². The summed E-state index contributed by atoms with van der Waals surface area (Å²) in [5, 5.41) is 3.09. The minimum Gasteiger partial charge on any atom is -0.381 e. The molecule has 0 radical (unpaired) electrons. The Morgan fingerprint density at radius 3 is 2.71 bits per heavy atom. The van der Waals surface area contributed by atoms with Crippen LogP contribution in [0.15, 0.2) is 0 Å². The lowest BCUT2D eigenvalue weighted by Gasteiger charge is -2.29. The first-order valence-corrected chi connectivity index (χ1v) is 6.74. The van der Waals surface area contributed by atoms with Gasteiger partial charge in [-0.15, -0.1) is 0 Å². The molecule has 2 rings (SSSR count). The van der Waals surface area contributed by atoms with Crippen molar-refractivity contribution in [2.24, 2.45) is 17.1 Å². The van der Waals surface area contributed by atoms with Crippen molar-refractivity contribution in [1.82, 2.24) is 5.32 Å². The second kappa shape index (κ2) is 5.36. The van der Waals surface area contributed by atoms with E-state index in [1.54, 1.807) is 0 Å². The van der Waals surface area contributed by atoms with Crippen LogP contribution in [-0.4, -0.2) is 31.7 Å². The fraction of sp³-hybridized carbons (Fsp3) is 0.923. The van der Waals surface area contributed by atoms with Crippen LogP contribution in [0.1, 0.15) is 39.0 Å². The van der Waals surface area contributed by atoms with E-state index in [0.29, 0.717) is 5.92 Å². The molecule has 98 valence electrons. The Labute approximate surface area is 103 Å². The SMILES string of the molecule is CC1(C(=O)NCC2CCOCC2)CCCC1N. The maximum absolute atomic E-state index is 12.2. The van der Waals surface area contributed by atoms with Gasteiger partial charge in [-0.05, 0) is 38.5 Å². The number of nitrogens with two attached hydrogens (primary N) is 1. The first-order chi connectivity index (χ1) is 8.13. The lowest BCUT2D eigenvalue weighted by molar-refractivity contribution is -0.130. The average Bonchev–Trinajstić information content (AvgIpc) is 2.69. The summed E-state index contributed by atoms with van der Waals surface area (Å²) in [5.74, 6) is 0.725. The molecule has 1 aliphatic carbocycles. The van der Waals surface area contributed by atoms with Crippen molar-refractivity contribution >= 4 is 5.91 Å². The lowest BCUT2D eigenvalue weighted by atomic mass is 9.84. The van der Waals surface area contributed by atoms with Gasteiger partial charge in [0, 0.05) is 25.8 Å². The van der Waals surface area contributed by atoms with Crippen LogP contribution >= 0.6 is 0 Å². The summed E-state index contributed by atoms with van der Waals surface area (Å²) in [4.78, 5) is 12.2. The van der Waals surface area contributed by atoms with Gasteiger partial charge in [-0.25, -0.2) is 0 Å². The van der Waals surface area contributed by atoms with Gasteiger partial charge in [0.1, 0.15) is 0 Å². The van der Waals surface area contributed by atoms with Crippen LogP contribution in [0.2, 0.25) is 0 Å². The third kappa shape index (κ3) is 2.80. The highest BCUT2D eigenvalue weighted by molar-refractivity contribution is 5.83.